The third-order valence-corrected chi connectivity index (χ3v) is 8.53. The van der Waals surface area contributed by atoms with E-state index in [9.17, 15) is 24.8 Å². The van der Waals surface area contributed by atoms with E-state index in [1.807, 2.05) is 54.6 Å². The fourth-order valence-electron chi connectivity index (χ4n) is 6.21. The zero-order valence-electron chi connectivity index (χ0n) is 25.0. The molecule has 5 atom stereocenters. The van der Waals surface area contributed by atoms with Gasteiger partial charge < -0.3 is 21.0 Å². The molecule has 0 radical (unpaired) electrons. The Hall–Kier alpha value is -5.36. The second-order valence-corrected chi connectivity index (χ2v) is 11.2. The minimum atomic E-state index is -1.13. The molecule has 1 fully saturated rings. The van der Waals surface area contributed by atoms with E-state index in [0.29, 0.717) is 23.7 Å². The predicted octanol–water partition coefficient (Wildman–Crippen LogP) is 4.38. The summed E-state index contributed by atoms with van der Waals surface area (Å²) in [7, 11) is 1.57. The van der Waals surface area contributed by atoms with Gasteiger partial charge in [-0.1, -0.05) is 66.7 Å². The maximum Gasteiger partial charge on any atom is 0.269 e. The fourth-order valence-corrected chi connectivity index (χ4v) is 6.21. The Morgan fingerprint density at radius 1 is 0.913 bits per heavy atom. The largest absolute Gasteiger partial charge is 0.497 e. The van der Waals surface area contributed by atoms with E-state index in [0.717, 1.165) is 21.6 Å². The highest BCUT2D eigenvalue weighted by atomic mass is 16.6. The highest BCUT2D eigenvalue weighted by Crippen LogP contribution is 2.40. The van der Waals surface area contributed by atoms with Crippen molar-refractivity contribution in [2.75, 3.05) is 17.4 Å². The molecule has 0 spiro atoms. The average Bonchev–Trinajstić information content (AvgIpc) is 3.35. The quantitative estimate of drug-likeness (QED) is 0.102. The van der Waals surface area contributed by atoms with Crippen molar-refractivity contribution in [3.05, 3.63) is 142 Å². The lowest BCUT2D eigenvalue weighted by Crippen LogP contribution is -2.58. The standard InChI is InChI=1S/C35H33N5O6/c1-46-28-9-5-8-24(20-28)31(23-6-3-2-4-7-23)33(41)30-19-18-29-32(39(30)37-25-12-16-27(17-13-25)40(44)45)35(43)38(34(29)42)26-14-10-22(21-36)11-15-26/h2-20,29-33,37,41H,21,36H2,1H3/t29?,30?,31?,32-,33+/m0/s1. The molecule has 0 aliphatic carbocycles. The molecule has 46 heavy (non-hydrogen) atoms. The number of aliphatic hydroxyl groups is 1. The van der Waals surface area contributed by atoms with Gasteiger partial charge in [-0.05, 0) is 53.1 Å². The number of aliphatic hydroxyl groups excluding tert-OH is 1. The molecule has 11 nitrogen and oxygen atoms in total. The normalized spacial score (nSPS) is 20.7. The van der Waals surface area contributed by atoms with Crippen LogP contribution in [0.4, 0.5) is 17.1 Å². The van der Waals surface area contributed by atoms with Crippen molar-refractivity contribution in [2.45, 2.75) is 30.7 Å². The Kier molecular flexibility index (Phi) is 8.62. The first-order chi connectivity index (χ1) is 22.3. The van der Waals surface area contributed by atoms with Gasteiger partial charge in [0.25, 0.3) is 11.6 Å². The first kappa shape index (κ1) is 30.7. The molecule has 3 unspecified atom stereocenters. The zero-order chi connectivity index (χ0) is 32.4. The van der Waals surface area contributed by atoms with Crippen LogP contribution in [0.2, 0.25) is 0 Å². The summed E-state index contributed by atoms with van der Waals surface area (Å²) >= 11 is 0. The van der Waals surface area contributed by atoms with Crippen molar-refractivity contribution in [1.29, 1.82) is 0 Å². The zero-order valence-corrected chi connectivity index (χ0v) is 25.0. The first-order valence-electron chi connectivity index (χ1n) is 14.8. The molecule has 2 heterocycles. The number of non-ortho nitro benzene ring substituents is 1. The van der Waals surface area contributed by atoms with Crippen molar-refractivity contribution in [3.63, 3.8) is 0 Å². The van der Waals surface area contributed by atoms with E-state index in [1.165, 1.54) is 24.3 Å². The average molecular weight is 620 g/mol. The molecule has 4 aromatic rings. The van der Waals surface area contributed by atoms with Crippen LogP contribution in [0.25, 0.3) is 0 Å². The number of nitrogens with two attached hydrogens (primary N) is 1. The topological polar surface area (TPSA) is 151 Å². The van der Waals surface area contributed by atoms with Crippen LogP contribution < -0.4 is 20.8 Å². The molecule has 4 N–H and O–H groups in total. The summed E-state index contributed by atoms with van der Waals surface area (Å²) < 4.78 is 5.48. The van der Waals surface area contributed by atoms with Gasteiger partial charge in [-0.25, -0.2) is 9.91 Å². The molecule has 0 bridgehead atoms. The predicted molar refractivity (Wildman–Crippen MR) is 173 cm³/mol. The number of hydrogen-bond acceptors (Lipinski definition) is 9. The van der Waals surface area contributed by atoms with Gasteiger partial charge in [-0.2, -0.15) is 0 Å². The Morgan fingerprint density at radius 2 is 1.61 bits per heavy atom. The fraction of sp³-hybridized carbons (Fsp3) is 0.200. The Bertz CT molecular complexity index is 1760. The number of nitrogens with one attached hydrogen (secondary N) is 1. The number of imide groups is 1. The number of carbonyl (C=O) groups is 2. The van der Waals surface area contributed by atoms with Gasteiger partial charge in [0.2, 0.25) is 5.91 Å². The Morgan fingerprint density at radius 3 is 2.26 bits per heavy atom. The van der Waals surface area contributed by atoms with Gasteiger partial charge in [0, 0.05) is 30.3 Å². The number of fused-ring (bicyclic) bond motifs is 1. The minimum absolute atomic E-state index is 0.0973. The van der Waals surface area contributed by atoms with E-state index in [1.54, 1.807) is 48.5 Å². The maximum absolute atomic E-state index is 14.2. The van der Waals surface area contributed by atoms with Crippen LogP contribution in [-0.2, 0) is 16.1 Å². The second kappa shape index (κ2) is 12.9. The van der Waals surface area contributed by atoms with Crippen LogP contribution in [0, 0.1) is 16.0 Å². The highest BCUT2D eigenvalue weighted by Gasteiger charge is 2.54. The maximum atomic E-state index is 14.2. The third kappa shape index (κ3) is 5.74. The minimum Gasteiger partial charge on any atom is -0.497 e. The number of ether oxygens (including phenoxy) is 1. The van der Waals surface area contributed by atoms with E-state index in [4.69, 9.17) is 10.5 Å². The number of methoxy groups -OCH3 is 1. The Labute approximate surface area is 265 Å². The highest BCUT2D eigenvalue weighted by molar-refractivity contribution is 6.24. The van der Waals surface area contributed by atoms with Gasteiger partial charge in [0.1, 0.15) is 11.8 Å². The molecule has 0 saturated carbocycles. The summed E-state index contributed by atoms with van der Waals surface area (Å²) in [6, 6.07) is 27.8. The summed E-state index contributed by atoms with van der Waals surface area (Å²) in [4.78, 5) is 39.9. The van der Waals surface area contributed by atoms with Crippen LogP contribution in [0.5, 0.6) is 5.75 Å². The molecule has 6 rings (SSSR count). The number of hydrazine groups is 1. The number of benzene rings is 4. The van der Waals surface area contributed by atoms with Crippen LogP contribution >= 0.6 is 0 Å². The molecule has 2 amide bonds. The van der Waals surface area contributed by atoms with Gasteiger partial charge in [0.05, 0.1) is 35.8 Å². The number of rotatable bonds is 10. The summed E-state index contributed by atoms with van der Waals surface area (Å²) in [6.45, 7) is 0.318. The van der Waals surface area contributed by atoms with Gasteiger partial charge in [-0.3, -0.25) is 19.7 Å². The lowest BCUT2D eigenvalue weighted by molar-refractivity contribution is -0.384. The smallest absolute Gasteiger partial charge is 0.269 e. The molecule has 4 aromatic carbocycles. The van der Waals surface area contributed by atoms with Crippen LogP contribution in [0.15, 0.2) is 115 Å². The number of hydrogen-bond donors (Lipinski definition) is 3. The molecular formula is C35H33N5O6. The summed E-state index contributed by atoms with van der Waals surface area (Å²) in [5.41, 5.74) is 12.2. The van der Waals surface area contributed by atoms with E-state index in [2.05, 4.69) is 5.43 Å². The monoisotopic (exact) mass is 619 g/mol. The van der Waals surface area contributed by atoms with E-state index in [-0.39, 0.29) is 5.69 Å². The lowest BCUT2D eigenvalue weighted by Gasteiger charge is -2.42. The summed E-state index contributed by atoms with van der Waals surface area (Å²) in [5, 5.41) is 25.2. The lowest BCUT2D eigenvalue weighted by atomic mass is 9.81. The molecule has 1 saturated heterocycles. The number of nitrogens with zero attached hydrogens (tertiary/aromatic N) is 3. The number of nitro groups is 1. The number of amides is 2. The number of carbonyl (C=O) groups excluding carboxylic acids is 2. The van der Waals surface area contributed by atoms with Crippen molar-refractivity contribution < 1.29 is 24.4 Å². The van der Waals surface area contributed by atoms with Crippen LogP contribution in [0.3, 0.4) is 0 Å². The molecule has 0 aromatic heterocycles. The van der Waals surface area contributed by atoms with Crippen molar-refractivity contribution in [3.8, 4) is 5.75 Å². The van der Waals surface area contributed by atoms with Crippen molar-refractivity contribution in [2.24, 2.45) is 11.7 Å². The van der Waals surface area contributed by atoms with E-state index < -0.39 is 46.8 Å². The van der Waals surface area contributed by atoms with Crippen molar-refractivity contribution in [1.82, 2.24) is 5.01 Å². The van der Waals surface area contributed by atoms with E-state index >= 15 is 0 Å². The SMILES string of the molecule is COc1cccc(C(c2ccccc2)[C@H](O)C2C=CC3C(=O)N(c4ccc(CN)cc4)C(=O)[C@H]3N2Nc2ccc([N+](=O)[O-])cc2)c1. The van der Waals surface area contributed by atoms with Gasteiger partial charge in [0.15, 0.2) is 0 Å². The second-order valence-electron chi connectivity index (χ2n) is 11.2. The van der Waals surface area contributed by atoms with Gasteiger partial charge >= 0.3 is 0 Å². The van der Waals surface area contributed by atoms with Crippen LogP contribution in [-0.4, -0.2) is 52.2 Å². The molecule has 2 aliphatic heterocycles. The Balaban J connectivity index is 1.42. The summed E-state index contributed by atoms with van der Waals surface area (Å²) in [6.07, 6.45) is 2.30. The van der Waals surface area contributed by atoms with Crippen LogP contribution in [0.1, 0.15) is 22.6 Å². The molecule has 234 valence electrons. The molecule has 2 aliphatic rings. The third-order valence-electron chi connectivity index (χ3n) is 8.53. The van der Waals surface area contributed by atoms with Crippen molar-refractivity contribution >= 4 is 28.9 Å². The molecule has 11 heteroatoms. The number of anilines is 2. The molecular weight excluding hydrogens is 586 g/mol. The number of nitro benzene ring substituents is 1. The van der Waals surface area contributed by atoms with Gasteiger partial charge in [-0.15, -0.1) is 0 Å². The first-order valence-corrected chi connectivity index (χ1v) is 14.8. The summed E-state index contributed by atoms with van der Waals surface area (Å²) in [5.74, 6) is -1.65.